The molecule has 1 N–H and O–H groups in total. The standard InChI is InChI=1S/C22H26FN3O3/c1-16(22(27)24-13-17-2-5-19(23)6-3-17)26-10-8-25(9-11-26)14-18-4-7-20-21(12-18)29-15-28-20/h2-7,12,16H,8-11,13-15H2,1H3,(H,24,27)/t16-/m1/s1. The van der Waals surface area contributed by atoms with Gasteiger partial charge in [0, 0.05) is 39.3 Å². The van der Waals surface area contributed by atoms with Gasteiger partial charge in [-0.3, -0.25) is 14.6 Å². The minimum atomic E-state index is -0.271. The SMILES string of the molecule is C[C@H](C(=O)NCc1ccc(F)cc1)N1CCN(Cc2ccc3c(c2)OCO3)CC1. The normalized spacial score (nSPS) is 17.9. The number of carbonyl (C=O) groups is 1. The van der Waals surface area contributed by atoms with Crippen molar-refractivity contribution in [1.29, 1.82) is 0 Å². The fourth-order valence-electron chi connectivity index (χ4n) is 3.71. The molecule has 4 rings (SSSR count). The highest BCUT2D eigenvalue weighted by Crippen LogP contribution is 2.32. The molecule has 2 aromatic rings. The molecule has 0 radical (unpaired) electrons. The van der Waals surface area contributed by atoms with E-state index in [4.69, 9.17) is 9.47 Å². The second kappa shape index (κ2) is 8.80. The van der Waals surface area contributed by atoms with E-state index in [1.54, 1.807) is 12.1 Å². The molecule has 0 unspecified atom stereocenters. The average Bonchev–Trinajstić information content (AvgIpc) is 3.21. The predicted molar refractivity (Wildman–Crippen MR) is 107 cm³/mol. The van der Waals surface area contributed by atoms with Crippen molar-refractivity contribution in [3.8, 4) is 11.5 Å². The molecule has 2 aliphatic heterocycles. The number of piperazine rings is 1. The van der Waals surface area contributed by atoms with E-state index in [9.17, 15) is 9.18 Å². The molecule has 1 fully saturated rings. The number of hydrogen-bond donors (Lipinski definition) is 1. The lowest BCUT2D eigenvalue weighted by Crippen LogP contribution is -2.53. The summed E-state index contributed by atoms with van der Waals surface area (Å²) < 4.78 is 23.8. The molecule has 0 aromatic heterocycles. The van der Waals surface area contributed by atoms with Gasteiger partial charge in [-0.15, -0.1) is 0 Å². The van der Waals surface area contributed by atoms with Crippen LogP contribution in [0, 0.1) is 5.82 Å². The van der Waals surface area contributed by atoms with Crippen LogP contribution in [0.4, 0.5) is 4.39 Å². The molecule has 1 saturated heterocycles. The quantitative estimate of drug-likeness (QED) is 0.808. The maximum atomic E-state index is 13.0. The maximum Gasteiger partial charge on any atom is 0.237 e. The van der Waals surface area contributed by atoms with Gasteiger partial charge in [-0.05, 0) is 42.3 Å². The van der Waals surface area contributed by atoms with Gasteiger partial charge in [0.15, 0.2) is 11.5 Å². The van der Waals surface area contributed by atoms with Crippen molar-refractivity contribution in [2.24, 2.45) is 0 Å². The van der Waals surface area contributed by atoms with Crippen LogP contribution in [-0.2, 0) is 17.9 Å². The number of nitrogens with one attached hydrogen (secondary N) is 1. The monoisotopic (exact) mass is 399 g/mol. The first-order valence-corrected chi connectivity index (χ1v) is 9.95. The van der Waals surface area contributed by atoms with E-state index < -0.39 is 0 Å². The Kier molecular flexibility index (Phi) is 5.97. The molecule has 29 heavy (non-hydrogen) atoms. The highest BCUT2D eigenvalue weighted by Gasteiger charge is 2.25. The van der Waals surface area contributed by atoms with Crippen LogP contribution in [0.5, 0.6) is 11.5 Å². The third kappa shape index (κ3) is 4.86. The van der Waals surface area contributed by atoms with E-state index >= 15 is 0 Å². The molecule has 0 spiro atoms. The first kappa shape index (κ1) is 19.7. The van der Waals surface area contributed by atoms with Gasteiger partial charge in [0.2, 0.25) is 12.7 Å². The van der Waals surface area contributed by atoms with Crippen LogP contribution in [0.2, 0.25) is 0 Å². The number of rotatable bonds is 6. The number of fused-ring (bicyclic) bond motifs is 1. The van der Waals surface area contributed by atoms with Crippen molar-refractivity contribution in [2.75, 3.05) is 33.0 Å². The average molecular weight is 399 g/mol. The molecule has 0 bridgehead atoms. The van der Waals surface area contributed by atoms with Gasteiger partial charge in [0.1, 0.15) is 5.82 Å². The molecule has 0 aliphatic carbocycles. The van der Waals surface area contributed by atoms with Crippen molar-refractivity contribution in [1.82, 2.24) is 15.1 Å². The molecular weight excluding hydrogens is 373 g/mol. The fourth-order valence-corrected chi connectivity index (χ4v) is 3.71. The second-order valence-corrected chi connectivity index (χ2v) is 7.52. The van der Waals surface area contributed by atoms with E-state index in [2.05, 4.69) is 21.2 Å². The summed E-state index contributed by atoms with van der Waals surface area (Å²) in [5.74, 6) is 1.34. The lowest BCUT2D eigenvalue weighted by Gasteiger charge is -2.37. The Morgan fingerprint density at radius 3 is 2.48 bits per heavy atom. The lowest BCUT2D eigenvalue weighted by molar-refractivity contribution is -0.126. The minimum Gasteiger partial charge on any atom is -0.454 e. The summed E-state index contributed by atoms with van der Waals surface area (Å²) >= 11 is 0. The minimum absolute atomic E-state index is 0.00135. The third-order valence-electron chi connectivity index (χ3n) is 5.56. The van der Waals surface area contributed by atoms with E-state index in [1.807, 2.05) is 19.1 Å². The number of halogens is 1. The first-order valence-electron chi connectivity index (χ1n) is 9.95. The number of benzene rings is 2. The largest absolute Gasteiger partial charge is 0.454 e. The van der Waals surface area contributed by atoms with Crippen molar-refractivity contribution in [2.45, 2.75) is 26.1 Å². The molecule has 1 atom stereocenters. The van der Waals surface area contributed by atoms with Crippen LogP contribution in [-0.4, -0.2) is 54.7 Å². The summed E-state index contributed by atoms with van der Waals surface area (Å²) in [6, 6.07) is 12.1. The number of carbonyl (C=O) groups excluding carboxylic acids is 1. The van der Waals surface area contributed by atoms with Gasteiger partial charge in [0.25, 0.3) is 0 Å². The predicted octanol–water partition coefficient (Wildman–Crippen LogP) is 2.38. The topological polar surface area (TPSA) is 54.0 Å². The zero-order chi connectivity index (χ0) is 20.2. The molecule has 2 aliphatic rings. The van der Waals surface area contributed by atoms with Crippen molar-refractivity contribution < 1.29 is 18.7 Å². The van der Waals surface area contributed by atoms with Crippen molar-refractivity contribution >= 4 is 5.91 Å². The van der Waals surface area contributed by atoms with Gasteiger partial charge in [0.05, 0.1) is 6.04 Å². The van der Waals surface area contributed by atoms with Gasteiger partial charge in [-0.25, -0.2) is 4.39 Å². The van der Waals surface area contributed by atoms with E-state index in [0.29, 0.717) is 13.3 Å². The van der Waals surface area contributed by atoms with E-state index in [1.165, 1.54) is 17.7 Å². The molecule has 6 nitrogen and oxygen atoms in total. The van der Waals surface area contributed by atoms with Crippen molar-refractivity contribution in [3.63, 3.8) is 0 Å². The van der Waals surface area contributed by atoms with Gasteiger partial charge < -0.3 is 14.8 Å². The fraction of sp³-hybridized carbons (Fsp3) is 0.409. The highest BCUT2D eigenvalue weighted by molar-refractivity contribution is 5.81. The molecule has 154 valence electrons. The summed E-state index contributed by atoms with van der Waals surface area (Å²) in [4.78, 5) is 17.1. The molecular formula is C22H26FN3O3. The summed E-state index contributed by atoms with van der Waals surface area (Å²) in [6.45, 7) is 6.99. The summed E-state index contributed by atoms with van der Waals surface area (Å²) in [7, 11) is 0. The summed E-state index contributed by atoms with van der Waals surface area (Å²) in [5.41, 5.74) is 2.09. The first-order chi connectivity index (χ1) is 14.1. The molecule has 2 aromatic carbocycles. The second-order valence-electron chi connectivity index (χ2n) is 7.52. The lowest BCUT2D eigenvalue weighted by atomic mass is 10.1. The zero-order valence-corrected chi connectivity index (χ0v) is 16.6. The van der Waals surface area contributed by atoms with Crippen LogP contribution in [0.3, 0.4) is 0 Å². The van der Waals surface area contributed by atoms with Crippen LogP contribution in [0.15, 0.2) is 42.5 Å². The van der Waals surface area contributed by atoms with Crippen LogP contribution >= 0.6 is 0 Å². The van der Waals surface area contributed by atoms with Crippen LogP contribution < -0.4 is 14.8 Å². The summed E-state index contributed by atoms with van der Waals surface area (Å²) in [5, 5.41) is 2.95. The van der Waals surface area contributed by atoms with Crippen molar-refractivity contribution in [3.05, 3.63) is 59.4 Å². The van der Waals surface area contributed by atoms with Gasteiger partial charge in [-0.2, -0.15) is 0 Å². The van der Waals surface area contributed by atoms with Gasteiger partial charge >= 0.3 is 0 Å². The van der Waals surface area contributed by atoms with Crippen LogP contribution in [0.1, 0.15) is 18.1 Å². The molecule has 2 heterocycles. The Labute approximate surface area is 170 Å². The van der Waals surface area contributed by atoms with E-state index in [0.717, 1.165) is 49.8 Å². The Bertz CT molecular complexity index is 851. The smallest absolute Gasteiger partial charge is 0.237 e. The Morgan fingerprint density at radius 2 is 1.72 bits per heavy atom. The molecule has 0 saturated carbocycles. The number of nitrogens with zero attached hydrogens (tertiary/aromatic N) is 2. The number of amides is 1. The zero-order valence-electron chi connectivity index (χ0n) is 16.6. The molecule has 1 amide bonds. The van der Waals surface area contributed by atoms with Crippen LogP contribution in [0.25, 0.3) is 0 Å². The van der Waals surface area contributed by atoms with E-state index in [-0.39, 0.29) is 17.8 Å². The Morgan fingerprint density at radius 1 is 1.03 bits per heavy atom. The van der Waals surface area contributed by atoms with Gasteiger partial charge in [-0.1, -0.05) is 18.2 Å². The number of ether oxygens (including phenoxy) is 2. The molecule has 7 heteroatoms. The summed E-state index contributed by atoms with van der Waals surface area (Å²) in [6.07, 6.45) is 0. The number of hydrogen-bond acceptors (Lipinski definition) is 5. The highest BCUT2D eigenvalue weighted by atomic mass is 19.1. The Hall–Kier alpha value is -2.64. The third-order valence-corrected chi connectivity index (χ3v) is 5.56. The maximum absolute atomic E-state index is 13.0. The Balaban J connectivity index is 1.23.